The summed E-state index contributed by atoms with van der Waals surface area (Å²) in [5.74, 6) is 0.112. The number of unbranched alkanes of at least 4 members (excludes halogenated alkanes) is 1. The van der Waals surface area contributed by atoms with E-state index in [1.165, 1.54) is 0 Å². The number of nitrogens with zero attached hydrogens (tertiary/aromatic N) is 1. The number of rotatable bonds is 6. The fourth-order valence-corrected chi connectivity index (χ4v) is 1.94. The van der Waals surface area contributed by atoms with E-state index in [4.69, 9.17) is 0 Å². The monoisotopic (exact) mass is 276 g/mol. The molecule has 0 aliphatic heterocycles. The molecule has 0 aromatic carbocycles. The van der Waals surface area contributed by atoms with Crippen molar-refractivity contribution in [3.8, 4) is 0 Å². The Morgan fingerprint density at radius 2 is 2.43 bits per heavy atom. The van der Waals surface area contributed by atoms with E-state index in [0.717, 1.165) is 23.2 Å². The SMILES string of the molecule is O=C(CCCCBr)NCc1nccs1. The number of halogens is 1. The molecule has 0 radical (unpaired) electrons. The first-order chi connectivity index (χ1) is 6.83. The van der Waals surface area contributed by atoms with E-state index in [1.54, 1.807) is 17.5 Å². The standard InChI is InChI=1S/C9H13BrN2OS/c10-4-2-1-3-8(13)12-7-9-11-5-6-14-9/h5-6H,1-4,7H2,(H,12,13). The second-order valence-electron chi connectivity index (χ2n) is 2.85. The van der Waals surface area contributed by atoms with Crippen LogP contribution in [0.5, 0.6) is 0 Å². The highest BCUT2D eigenvalue weighted by Crippen LogP contribution is 2.03. The number of hydrogen-bond donors (Lipinski definition) is 1. The fourth-order valence-electron chi connectivity index (χ4n) is 0.983. The number of thiazole rings is 1. The second kappa shape index (κ2) is 6.95. The van der Waals surface area contributed by atoms with E-state index < -0.39 is 0 Å². The molecule has 3 nitrogen and oxygen atoms in total. The van der Waals surface area contributed by atoms with Crippen LogP contribution in [0.4, 0.5) is 0 Å². The third-order valence-electron chi connectivity index (χ3n) is 1.71. The quantitative estimate of drug-likeness (QED) is 0.640. The molecule has 1 aromatic heterocycles. The Kier molecular flexibility index (Phi) is 5.78. The van der Waals surface area contributed by atoms with Crippen molar-refractivity contribution in [2.24, 2.45) is 0 Å². The van der Waals surface area contributed by atoms with Gasteiger partial charge in [-0.3, -0.25) is 4.79 Å². The van der Waals surface area contributed by atoms with Crippen LogP contribution in [0.15, 0.2) is 11.6 Å². The van der Waals surface area contributed by atoms with Gasteiger partial charge in [0.15, 0.2) is 0 Å². The van der Waals surface area contributed by atoms with Crippen molar-refractivity contribution >= 4 is 33.2 Å². The molecule has 0 atom stereocenters. The molecule has 1 amide bonds. The first-order valence-electron chi connectivity index (χ1n) is 4.54. The Bertz CT molecular complexity index is 264. The van der Waals surface area contributed by atoms with Gasteiger partial charge in [0.2, 0.25) is 5.91 Å². The van der Waals surface area contributed by atoms with Crippen LogP contribution in [0.3, 0.4) is 0 Å². The van der Waals surface area contributed by atoms with E-state index in [9.17, 15) is 4.79 Å². The largest absolute Gasteiger partial charge is 0.350 e. The molecule has 0 unspecified atom stereocenters. The first kappa shape index (κ1) is 11.7. The number of alkyl halides is 1. The molecule has 0 spiro atoms. The lowest BCUT2D eigenvalue weighted by Gasteiger charge is -2.01. The normalized spacial score (nSPS) is 10.1. The lowest BCUT2D eigenvalue weighted by Crippen LogP contribution is -2.22. The van der Waals surface area contributed by atoms with Crippen LogP contribution in [0, 0.1) is 0 Å². The Labute approximate surface area is 96.1 Å². The third-order valence-corrected chi connectivity index (χ3v) is 3.05. The molecule has 0 aliphatic carbocycles. The molecule has 0 aliphatic rings. The van der Waals surface area contributed by atoms with Gasteiger partial charge >= 0.3 is 0 Å². The van der Waals surface area contributed by atoms with Gasteiger partial charge in [-0.25, -0.2) is 4.98 Å². The second-order valence-corrected chi connectivity index (χ2v) is 4.62. The average molecular weight is 277 g/mol. The maximum Gasteiger partial charge on any atom is 0.220 e. The molecule has 0 bridgehead atoms. The summed E-state index contributed by atoms with van der Waals surface area (Å²) >= 11 is 4.89. The molecule has 14 heavy (non-hydrogen) atoms. The fraction of sp³-hybridized carbons (Fsp3) is 0.556. The van der Waals surface area contributed by atoms with Crippen LogP contribution in [-0.2, 0) is 11.3 Å². The third kappa shape index (κ3) is 4.72. The average Bonchev–Trinajstić information content (AvgIpc) is 2.68. The summed E-state index contributed by atoms with van der Waals surface area (Å²) in [6, 6.07) is 0. The van der Waals surface area contributed by atoms with Crippen molar-refractivity contribution in [3.63, 3.8) is 0 Å². The highest BCUT2D eigenvalue weighted by atomic mass is 79.9. The van der Waals surface area contributed by atoms with E-state index in [2.05, 4.69) is 26.2 Å². The molecule has 1 N–H and O–H groups in total. The summed E-state index contributed by atoms with van der Waals surface area (Å²) < 4.78 is 0. The molecule has 0 saturated carbocycles. The minimum atomic E-state index is 0.112. The molecule has 0 fully saturated rings. The Hall–Kier alpha value is -0.420. The predicted octanol–water partition coefficient (Wildman–Crippen LogP) is 2.32. The predicted molar refractivity (Wildman–Crippen MR) is 61.6 cm³/mol. The highest BCUT2D eigenvalue weighted by Gasteiger charge is 2.01. The van der Waals surface area contributed by atoms with E-state index >= 15 is 0 Å². The van der Waals surface area contributed by atoms with Crippen molar-refractivity contribution in [3.05, 3.63) is 16.6 Å². The van der Waals surface area contributed by atoms with Crippen molar-refractivity contribution in [2.45, 2.75) is 25.8 Å². The van der Waals surface area contributed by atoms with Crippen LogP contribution in [0.1, 0.15) is 24.3 Å². The van der Waals surface area contributed by atoms with Gasteiger partial charge in [-0.2, -0.15) is 0 Å². The molecular formula is C9H13BrN2OS. The van der Waals surface area contributed by atoms with E-state index in [-0.39, 0.29) is 5.91 Å². The summed E-state index contributed by atoms with van der Waals surface area (Å²) in [5.41, 5.74) is 0. The Morgan fingerprint density at radius 1 is 1.57 bits per heavy atom. The van der Waals surface area contributed by atoms with Crippen LogP contribution in [-0.4, -0.2) is 16.2 Å². The van der Waals surface area contributed by atoms with Crippen LogP contribution in [0.25, 0.3) is 0 Å². The summed E-state index contributed by atoms with van der Waals surface area (Å²) in [6.45, 7) is 0.560. The van der Waals surface area contributed by atoms with Crippen LogP contribution < -0.4 is 5.32 Å². The molecule has 78 valence electrons. The zero-order valence-electron chi connectivity index (χ0n) is 7.83. The highest BCUT2D eigenvalue weighted by molar-refractivity contribution is 9.09. The van der Waals surface area contributed by atoms with Crippen molar-refractivity contribution in [2.75, 3.05) is 5.33 Å². The van der Waals surface area contributed by atoms with Crippen LogP contribution >= 0.6 is 27.3 Å². The summed E-state index contributed by atoms with van der Waals surface area (Å²) in [7, 11) is 0. The number of carbonyl (C=O) groups is 1. The van der Waals surface area contributed by atoms with E-state index in [1.807, 2.05) is 5.38 Å². The smallest absolute Gasteiger partial charge is 0.220 e. The molecule has 1 aromatic rings. The van der Waals surface area contributed by atoms with Gasteiger partial charge in [0.05, 0.1) is 6.54 Å². The number of aromatic nitrogens is 1. The van der Waals surface area contributed by atoms with Gasteiger partial charge in [-0.15, -0.1) is 11.3 Å². The zero-order chi connectivity index (χ0) is 10.2. The maximum atomic E-state index is 11.3. The number of hydrogen-bond acceptors (Lipinski definition) is 3. The molecule has 0 saturated heterocycles. The molecule has 5 heteroatoms. The van der Waals surface area contributed by atoms with Gasteiger partial charge in [-0.1, -0.05) is 15.9 Å². The summed E-state index contributed by atoms with van der Waals surface area (Å²) in [6.07, 6.45) is 4.34. The van der Waals surface area contributed by atoms with Crippen LogP contribution in [0.2, 0.25) is 0 Å². The number of nitrogens with one attached hydrogen (secondary N) is 1. The van der Waals surface area contributed by atoms with Crippen molar-refractivity contribution in [1.82, 2.24) is 10.3 Å². The molecular weight excluding hydrogens is 264 g/mol. The van der Waals surface area contributed by atoms with Gasteiger partial charge in [0, 0.05) is 23.3 Å². The maximum absolute atomic E-state index is 11.3. The topological polar surface area (TPSA) is 42.0 Å². The zero-order valence-corrected chi connectivity index (χ0v) is 10.2. The van der Waals surface area contributed by atoms with Crippen molar-refractivity contribution < 1.29 is 4.79 Å². The van der Waals surface area contributed by atoms with E-state index in [0.29, 0.717) is 13.0 Å². The lowest BCUT2D eigenvalue weighted by atomic mass is 10.2. The minimum absolute atomic E-state index is 0.112. The summed E-state index contributed by atoms with van der Waals surface area (Å²) in [5, 5.41) is 6.67. The number of carbonyl (C=O) groups excluding carboxylic acids is 1. The minimum Gasteiger partial charge on any atom is -0.350 e. The molecule has 1 heterocycles. The first-order valence-corrected chi connectivity index (χ1v) is 6.54. The Balaban J connectivity index is 2.09. The molecule has 1 rings (SSSR count). The lowest BCUT2D eigenvalue weighted by molar-refractivity contribution is -0.121. The summed E-state index contributed by atoms with van der Waals surface area (Å²) in [4.78, 5) is 15.3. The van der Waals surface area contributed by atoms with Gasteiger partial charge in [-0.05, 0) is 12.8 Å². The van der Waals surface area contributed by atoms with Gasteiger partial charge in [0.1, 0.15) is 5.01 Å². The van der Waals surface area contributed by atoms with Gasteiger partial charge < -0.3 is 5.32 Å². The Morgan fingerprint density at radius 3 is 3.07 bits per heavy atom. The van der Waals surface area contributed by atoms with Gasteiger partial charge in [0.25, 0.3) is 0 Å². The number of amides is 1. The van der Waals surface area contributed by atoms with Crippen molar-refractivity contribution in [1.29, 1.82) is 0 Å².